The molecule has 0 amide bonds. The molecule has 3 aromatic rings. The lowest BCUT2D eigenvalue weighted by molar-refractivity contribution is -0.138. The molecule has 0 bridgehead atoms. The molecule has 18 heteroatoms. The minimum Gasteiger partial charge on any atom is -0.477 e. The van der Waals surface area contributed by atoms with Crippen LogP contribution in [-0.2, 0) is 12.4 Å². The van der Waals surface area contributed by atoms with Crippen molar-refractivity contribution in [2.75, 3.05) is 0 Å². The summed E-state index contributed by atoms with van der Waals surface area (Å²) in [5.74, 6) is -1.43. The molecule has 3 heterocycles. The lowest BCUT2D eigenvalue weighted by atomic mass is 10.6. The molecule has 0 spiro atoms. The Balaban J connectivity index is -0.000000194. The molecule has 0 saturated carbocycles. The van der Waals surface area contributed by atoms with Crippen molar-refractivity contribution in [3.8, 4) is 0 Å². The molecule has 5 nitrogen and oxygen atoms in total. The summed E-state index contributed by atoms with van der Waals surface area (Å²) in [7, 11) is 0. The third kappa shape index (κ3) is 14.4. The minimum absolute atomic E-state index is 0. The van der Waals surface area contributed by atoms with Gasteiger partial charge in [-0.15, -0.1) is 34.0 Å². The van der Waals surface area contributed by atoms with Gasteiger partial charge in [-0.2, -0.15) is 26.3 Å². The highest BCUT2D eigenvalue weighted by molar-refractivity contribution is 9.11. The third-order valence-electron chi connectivity index (χ3n) is 2.19. The number of aromatic nitrogens is 3. The Hall–Kier alpha value is -0.140. The van der Waals surface area contributed by atoms with Gasteiger partial charge in [0.1, 0.15) is 18.7 Å². The van der Waals surface area contributed by atoms with Crippen molar-refractivity contribution >= 4 is 104 Å². The number of hydrogen-bond donors (Lipinski definition) is 1. The first-order valence-corrected chi connectivity index (χ1v) is 12.3. The normalized spacial score (nSPS) is 9.94. The maximum absolute atomic E-state index is 12.0. The van der Waals surface area contributed by atoms with Crippen LogP contribution >= 0.6 is 97.7 Å². The molecule has 0 radical (unpaired) electrons. The van der Waals surface area contributed by atoms with Gasteiger partial charge in [0.2, 0.25) is 0 Å². The molecule has 0 aromatic carbocycles. The number of aromatic carboxylic acids is 1. The largest absolute Gasteiger partial charge is 0.477 e. The van der Waals surface area contributed by atoms with E-state index in [9.17, 15) is 31.1 Å². The lowest BCUT2D eigenvalue weighted by Gasteiger charge is -1.98. The van der Waals surface area contributed by atoms with Gasteiger partial charge < -0.3 is 5.11 Å². The Morgan fingerprint density at radius 3 is 1.38 bits per heavy atom. The van der Waals surface area contributed by atoms with Gasteiger partial charge in [-0.05, 0) is 63.7 Å². The highest BCUT2D eigenvalue weighted by atomic mass is 79.9. The van der Waals surface area contributed by atoms with Gasteiger partial charge in [0.05, 0.1) is 0 Å². The predicted octanol–water partition coefficient (Wildman–Crippen LogP) is 10.8. The summed E-state index contributed by atoms with van der Waals surface area (Å²) in [5.41, 5.74) is 0. The number of thiazole rings is 3. The Kier molecular flexibility index (Phi) is 20.9. The number of carboxylic acid groups (broad SMARTS) is 1. The molecule has 1 N–H and O–H groups in total. The highest BCUT2D eigenvalue weighted by Gasteiger charge is 2.36. The lowest BCUT2D eigenvalue weighted by Crippen LogP contribution is -2.03. The van der Waals surface area contributed by atoms with Gasteiger partial charge in [0.25, 0.3) is 0 Å². The molecule has 0 unspecified atom stereocenters. The van der Waals surface area contributed by atoms with Crippen LogP contribution in [0.2, 0.25) is 0 Å². The van der Waals surface area contributed by atoms with E-state index >= 15 is 0 Å². The Bertz CT molecular complexity index is 977. The number of carboxylic acids is 1. The molecular weight excluding hydrogens is 796 g/mol. The summed E-state index contributed by atoms with van der Waals surface area (Å²) in [6.45, 7) is 0. The molecule has 3 rings (SSSR count). The van der Waals surface area contributed by atoms with E-state index in [1.807, 2.05) is 5.38 Å². The zero-order chi connectivity index (χ0) is 23.3. The van der Waals surface area contributed by atoms with Crippen molar-refractivity contribution < 1.29 is 36.2 Å². The quantitative estimate of drug-likeness (QED) is 0.248. The first-order valence-electron chi connectivity index (χ1n) is 6.52. The van der Waals surface area contributed by atoms with Crippen LogP contribution in [-0.4, -0.2) is 26.0 Å². The maximum Gasteiger partial charge on any atom is 0.443 e. The van der Waals surface area contributed by atoms with Crippen molar-refractivity contribution in [2.45, 2.75) is 42.1 Å². The van der Waals surface area contributed by atoms with Crippen LogP contribution in [0.3, 0.4) is 0 Å². The second-order valence-electron chi connectivity index (χ2n) is 4.34. The van der Waals surface area contributed by atoms with Gasteiger partial charge in [0, 0.05) is 10.8 Å². The molecule has 0 fully saturated rings. The van der Waals surface area contributed by atoms with E-state index in [2.05, 4.69) is 78.7 Å². The Morgan fingerprint density at radius 2 is 1.21 bits per heavy atom. The second kappa shape index (κ2) is 17.3. The number of nitrogens with zero attached hydrogens (tertiary/aromatic N) is 3. The number of halogens is 10. The summed E-state index contributed by atoms with van der Waals surface area (Å²) in [4.78, 5) is 20.1. The first-order chi connectivity index (χ1) is 13.6. The molecule has 0 aliphatic rings. The number of carbonyl (C=O) groups is 1. The fourth-order valence-electron chi connectivity index (χ4n) is 1.17. The van der Waals surface area contributed by atoms with Gasteiger partial charge in [0.15, 0.2) is 13.9 Å². The monoisotopic (exact) mass is 811 g/mol. The minimum atomic E-state index is -4.60. The summed E-state index contributed by atoms with van der Waals surface area (Å²) in [5, 5.41) is 9.64. The van der Waals surface area contributed by atoms with Crippen LogP contribution < -0.4 is 0 Å². The van der Waals surface area contributed by atoms with Crippen LogP contribution in [0.5, 0.6) is 0 Å². The number of alkyl halides is 6. The van der Waals surface area contributed by atoms with Gasteiger partial charge in [-0.25, -0.2) is 19.7 Å². The van der Waals surface area contributed by atoms with Gasteiger partial charge >= 0.3 is 18.3 Å². The van der Waals surface area contributed by atoms with E-state index in [0.29, 0.717) is 11.3 Å². The smallest absolute Gasteiger partial charge is 0.443 e. The molecule has 0 aliphatic carbocycles. The molecule has 3 aromatic heterocycles. The van der Waals surface area contributed by atoms with E-state index < -0.39 is 33.2 Å². The number of rotatable bonds is 1. The van der Waals surface area contributed by atoms with Crippen molar-refractivity contribution in [3.63, 3.8) is 0 Å². The van der Waals surface area contributed by atoms with E-state index in [-0.39, 0.29) is 50.2 Å². The topological polar surface area (TPSA) is 76.0 Å². The van der Waals surface area contributed by atoms with Crippen LogP contribution in [0.1, 0.15) is 49.4 Å². The summed E-state index contributed by atoms with van der Waals surface area (Å²) in [6.07, 6.45) is -8.91. The maximum atomic E-state index is 12.0. The first kappa shape index (κ1) is 41.0. The summed E-state index contributed by atoms with van der Waals surface area (Å²) in [6, 6.07) is 0. The molecule has 0 atom stereocenters. The average molecular weight is 815 g/mol. The third-order valence-corrected chi connectivity index (χ3v) is 7.78. The fraction of sp³-hybridized carbons (Fsp3) is 0.375. The van der Waals surface area contributed by atoms with Crippen LogP contribution in [0.25, 0.3) is 0 Å². The predicted molar refractivity (Wildman–Crippen MR) is 141 cm³/mol. The SMILES string of the molecule is Brc1csc(Br)n1.C.C.C.C.FC(F)(F)c1nc(Br)cs1.O=C(O)c1sc(C(F)(F)F)nc1Br. The van der Waals surface area contributed by atoms with E-state index in [0.717, 1.165) is 8.52 Å². The van der Waals surface area contributed by atoms with Crippen molar-refractivity contribution in [3.05, 3.63) is 43.4 Å². The molecule has 34 heavy (non-hydrogen) atoms. The van der Waals surface area contributed by atoms with E-state index in [1.54, 1.807) is 11.3 Å². The van der Waals surface area contributed by atoms with E-state index in [1.165, 1.54) is 5.38 Å². The molecule has 198 valence electrons. The van der Waals surface area contributed by atoms with E-state index in [4.69, 9.17) is 5.11 Å². The number of hydrogen-bond acceptors (Lipinski definition) is 7. The van der Waals surface area contributed by atoms with Crippen molar-refractivity contribution in [1.82, 2.24) is 15.0 Å². The highest BCUT2D eigenvalue weighted by Crippen LogP contribution is 2.36. The standard InChI is InChI=1S/C5HBrF3NO2S.C4HBrF3NS.C3HBr2NS.4CH4/c6-2-1(3(11)12)13-4(10-2)5(7,8)9;5-2-1-10-3(9-2)4(6,7)8;4-2-1-7-3(5)6-2;;;;/h(H,11,12);1H;1H;4*1H4. The molecule has 0 aliphatic heterocycles. The fourth-order valence-corrected chi connectivity index (χ4v) is 5.35. The van der Waals surface area contributed by atoms with Crippen LogP contribution in [0.15, 0.2) is 28.5 Å². The van der Waals surface area contributed by atoms with Crippen molar-refractivity contribution in [1.29, 1.82) is 0 Å². The second-order valence-corrected chi connectivity index (χ2v) is 10.7. The van der Waals surface area contributed by atoms with Crippen LogP contribution in [0.4, 0.5) is 26.3 Å². The van der Waals surface area contributed by atoms with Crippen LogP contribution in [0, 0.1) is 0 Å². The van der Waals surface area contributed by atoms with Gasteiger partial charge in [-0.1, -0.05) is 29.7 Å². The zero-order valence-electron chi connectivity index (χ0n) is 13.4. The van der Waals surface area contributed by atoms with Crippen molar-refractivity contribution in [2.24, 2.45) is 0 Å². The Morgan fingerprint density at radius 1 is 0.765 bits per heavy atom. The zero-order valence-corrected chi connectivity index (χ0v) is 22.1. The summed E-state index contributed by atoms with van der Waals surface area (Å²) >= 11 is 14.1. The van der Waals surface area contributed by atoms with Gasteiger partial charge in [-0.3, -0.25) is 0 Å². The Labute approximate surface area is 238 Å². The molecule has 0 saturated heterocycles. The summed E-state index contributed by atoms with van der Waals surface area (Å²) < 4.78 is 72.9. The average Bonchev–Trinajstić information content (AvgIpc) is 3.28. The molecular formula is C16H19Br4F6N3O2S3.